The van der Waals surface area contributed by atoms with E-state index in [-0.39, 0.29) is 5.91 Å². The number of unbranched alkanes of at least 4 members (excludes halogenated alkanes) is 1. The van der Waals surface area contributed by atoms with Crippen LogP contribution in [0.1, 0.15) is 45.7 Å². The third kappa shape index (κ3) is 5.66. The summed E-state index contributed by atoms with van der Waals surface area (Å²) < 4.78 is 8.24. The van der Waals surface area contributed by atoms with Crippen molar-refractivity contribution in [2.75, 3.05) is 13.2 Å². The Bertz CT molecular complexity index is 1280. The molecule has 0 aliphatic heterocycles. The van der Waals surface area contributed by atoms with Gasteiger partial charge in [-0.1, -0.05) is 48.0 Å². The van der Waals surface area contributed by atoms with Gasteiger partial charge in [0.1, 0.15) is 11.6 Å². The maximum absolute atomic E-state index is 12.7. The number of rotatable bonds is 10. The van der Waals surface area contributed by atoms with Gasteiger partial charge in [0.15, 0.2) is 0 Å². The van der Waals surface area contributed by atoms with Gasteiger partial charge in [-0.15, -0.1) is 0 Å². The van der Waals surface area contributed by atoms with Gasteiger partial charge in [-0.2, -0.15) is 0 Å². The summed E-state index contributed by atoms with van der Waals surface area (Å²) in [5.74, 6) is 1.92. The number of ether oxygens (including phenoxy) is 1. The first-order valence-electron chi connectivity index (χ1n) is 12.0. The summed E-state index contributed by atoms with van der Waals surface area (Å²) >= 11 is 0. The van der Waals surface area contributed by atoms with Gasteiger partial charge in [0.25, 0.3) is 5.91 Å². The summed E-state index contributed by atoms with van der Waals surface area (Å²) in [4.78, 5) is 17.5. The third-order valence-electron chi connectivity index (χ3n) is 6.12. The van der Waals surface area contributed by atoms with Crippen LogP contribution in [0.2, 0.25) is 0 Å². The van der Waals surface area contributed by atoms with Gasteiger partial charge in [-0.05, 0) is 69.0 Å². The molecule has 5 nitrogen and oxygen atoms in total. The molecule has 176 valence electrons. The Balaban J connectivity index is 1.35. The van der Waals surface area contributed by atoms with Crippen molar-refractivity contribution in [2.24, 2.45) is 0 Å². The predicted molar refractivity (Wildman–Crippen MR) is 138 cm³/mol. The van der Waals surface area contributed by atoms with E-state index in [2.05, 4.69) is 28.9 Å². The van der Waals surface area contributed by atoms with E-state index in [4.69, 9.17) is 9.72 Å². The van der Waals surface area contributed by atoms with Crippen molar-refractivity contribution in [3.8, 4) is 5.75 Å². The van der Waals surface area contributed by atoms with Gasteiger partial charge < -0.3 is 14.6 Å². The summed E-state index contributed by atoms with van der Waals surface area (Å²) in [6.07, 6.45) is 2.64. The van der Waals surface area contributed by atoms with Crippen LogP contribution < -0.4 is 10.1 Å². The first kappa shape index (κ1) is 23.6. The number of hydrogen-bond donors (Lipinski definition) is 1. The Morgan fingerprint density at radius 3 is 2.56 bits per heavy atom. The molecule has 4 rings (SSSR count). The number of amides is 1. The van der Waals surface area contributed by atoms with E-state index < -0.39 is 0 Å². The minimum Gasteiger partial charge on any atom is -0.493 e. The number of imidazole rings is 1. The summed E-state index contributed by atoms with van der Waals surface area (Å²) in [6.45, 7) is 8.19. The van der Waals surface area contributed by atoms with E-state index in [1.54, 1.807) is 0 Å². The van der Waals surface area contributed by atoms with Crippen molar-refractivity contribution in [3.05, 3.63) is 94.8 Å². The number of carbonyl (C=O) groups is 1. The maximum Gasteiger partial charge on any atom is 0.251 e. The predicted octanol–water partition coefficient (Wildman–Crippen LogP) is 5.79. The van der Waals surface area contributed by atoms with E-state index in [1.807, 2.05) is 68.4 Å². The number of fused-ring (bicyclic) bond motifs is 1. The van der Waals surface area contributed by atoms with Gasteiger partial charge in [0, 0.05) is 25.1 Å². The van der Waals surface area contributed by atoms with Crippen molar-refractivity contribution >= 4 is 16.9 Å². The highest BCUT2D eigenvalue weighted by Gasteiger charge is 2.12. The molecular formula is C29H33N3O2. The van der Waals surface area contributed by atoms with Gasteiger partial charge in [-0.25, -0.2) is 4.98 Å². The second-order valence-corrected chi connectivity index (χ2v) is 8.81. The number of aromatic nitrogens is 2. The van der Waals surface area contributed by atoms with Crippen LogP contribution in [0.25, 0.3) is 11.0 Å². The molecule has 1 aromatic heterocycles. The Hall–Kier alpha value is -3.60. The lowest BCUT2D eigenvalue weighted by molar-refractivity contribution is 0.0953. The fourth-order valence-corrected chi connectivity index (χ4v) is 4.29. The number of nitrogens with one attached hydrogen (secondary N) is 1. The Labute approximate surface area is 201 Å². The molecular weight excluding hydrogens is 422 g/mol. The van der Waals surface area contributed by atoms with E-state index in [0.717, 1.165) is 64.2 Å². The molecule has 1 heterocycles. The molecule has 0 atom stereocenters. The zero-order chi connectivity index (χ0) is 23.9. The molecule has 0 aliphatic carbocycles. The number of aryl methyl sites for hydroxylation is 4. The molecule has 0 unspecified atom stereocenters. The van der Waals surface area contributed by atoms with E-state index in [9.17, 15) is 4.79 Å². The quantitative estimate of drug-likeness (QED) is 0.308. The average molecular weight is 456 g/mol. The summed E-state index contributed by atoms with van der Waals surface area (Å²) in [7, 11) is 0. The van der Waals surface area contributed by atoms with E-state index >= 15 is 0 Å². The normalized spacial score (nSPS) is 11.0. The minimum atomic E-state index is -0.0338. The number of para-hydroxylation sites is 3. The van der Waals surface area contributed by atoms with Gasteiger partial charge in [-0.3, -0.25) is 4.79 Å². The molecule has 0 saturated carbocycles. The smallest absolute Gasteiger partial charge is 0.251 e. The third-order valence-corrected chi connectivity index (χ3v) is 6.12. The van der Waals surface area contributed by atoms with Gasteiger partial charge >= 0.3 is 0 Å². The molecule has 1 amide bonds. The lowest BCUT2D eigenvalue weighted by Gasteiger charge is -2.12. The monoisotopic (exact) mass is 455 g/mol. The molecule has 0 fully saturated rings. The first-order valence-corrected chi connectivity index (χ1v) is 12.0. The number of carbonyl (C=O) groups excluding carboxylic acids is 1. The van der Waals surface area contributed by atoms with Gasteiger partial charge in [0.2, 0.25) is 0 Å². The number of benzene rings is 3. The summed E-state index contributed by atoms with van der Waals surface area (Å²) in [6, 6.07) is 22.3. The standard InChI is InChI=1S/C29H33N3O2/c1-21-14-15-24(23(3)20-21)29(33)30-17-16-28-31-25-11-5-6-12-26(25)32(28)18-8-9-19-34-27-13-7-4-10-22(27)2/h4-7,10-15,20H,8-9,16-19H2,1-3H3,(H,30,33). The average Bonchev–Trinajstić information content (AvgIpc) is 3.17. The van der Waals surface area contributed by atoms with Crippen LogP contribution in [0.3, 0.4) is 0 Å². The van der Waals surface area contributed by atoms with Crippen molar-refractivity contribution in [2.45, 2.75) is 46.6 Å². The Morgan fingerprint density at radius 2 is 1.74 bits per heavy atom. The van der Waals surface area contributed by atoms with Crippen LogP contribution in [0.4, 0.5) is 0 Å². The number of nitrogens with zero attached hydrogens (tertiary/aromatic N) is 2. The molecule has 4 aromatic rings. The van der Waals surface area contributed by atoms with E-state index in [0.29, 0.717) is 19.6 Å². The summed E-state index contributed by atoms with van der Waals surface area (Å²) in [5.41, 5.74) is 6.18. The van der Waals surface area contributed by atoms with Crippen LogP contribution in [0.15, 0.2) is 66.7 Å². The SMILES string of the molecule is Cc1ccc(C(=O)NCCc2nc3ccccc3n2CCCCOc2ccccc2C)c(C)c1. The van der Waals surface area contributed by atoms with Crippen LogP contribution in [-0.2, 0) is 13.0 Å². The van der Waals surface area contributed by atoms with Gasteiger partial charge in [0.05, 0.1) is 17.6 Å². The largest absolute Gasteiger partial charge is 0.493 e. The molecule has 3 aromatic carbocycles. The summed E-state index contributed by atoms with van der Waals surface area (Å²) in [5, 5.41) is 3.07. The van der Waals surface area contributed by atoms with Crippen LogP contribution in [0.5, 0.6) is 5.75 Å². The lowest BCUT2D eigenvalue weighted by Crippen LogP contribution is -2.27. The highest BCUT2D eigenvalue weighted by molar-refractivity contribution is 5.95. The van der Waals surface area contributed by atoms with Crippen molar-refractivity contribution in [3.63, 3.8) is 0 Å². The highest BCUT2D eigenvalue weighted by atomic mass is 16.5. The Kier molecular flexibility index (Phi) is 7.63. The maximum atomic E-state index is 12.7. The second kappa shape index (κ2) is 11.0. The molecule has 0 aliphatic rings. The molecule has 0 bridgehead atoms. The molecule has 1 N–H and O–H groups in total. The highest BCUT2D eigenvalue weighted by Crippen LogP contribution is 2.19. The van der Waals surface area contributed by atoms with E-state index in [1.165, 1.54) is 0 Å². The molecule has 0 radical (unpaired) electrons. The molecule has 5 heteroatoms. The zero-order valence-electron chi connectivity index (χ0n) is 20.3. The van der Waals surface area contributed by atoms with Crippen molar-refractivity contribution in [1.29, 1.82) is 0 Å². The van der Waals surface area contributed by atoms with Crippen molar-refractivity contribution in [1.82, 2.24) is 14.9 Å². The van der Waals surface area contributed by atoms with Crippen molar-refractivity contribution < 1.29 is 9.53 Å². The molecule has 0 spiro atoms. The fourth-order valence-electron chi connectivity index (χ4n) is 4.29. The first-order chi connectivity index (χ1) is 16.5. The minimum absolute atomic E-state index is 0.0338. The van der Waals surface area contributed by atoms with Crippen LogP contribution in [0, 0.1) is 20.8 Å². The second-order valence-electron chi connectivity index (χ2n) is 8.81. The topological polar surface area (TPSA) is 56.2 Å². The number of hydrogen-bond acceptors (Lipinski definition) is 3. The van der Waals surface area contributed by atoms with Crippen LogP contribution >= 0.6 is 0 Å². The lowest BCUT2D eigenvalue weighted by atomic mass is 10.1. The Morgan fingerprint density at radius 1 is 0.941 bits per heavy atom. The van der Waals surface area contributed by atoms with Crippen LogP contribution in [-0.4, -0.2) is 28.6 Å². The fraction of sp³-hybridized carbons (Fsp3) is 0.310. The molecule has 0 saturated heterocycles. The molecule has 34 heavy (non-hydrogen) atoms. The zero-order valence-corrected chi connectivity index (χ0v) is 20.3.